The Morgan fingerprint density at radius 1 is 1.10 bits per heavy atom. The van der Waals surface area contributed by atoms with Crippen molar-refractivity contribution >= 4 is 22.3 Å². The standard InChI is InChI=1S/C18H19N3/c1-13-7-8-16(19)12-17(13)20-11-9-15-5-2-4-14-6-3-10-21-18(14)15/h2-8,10,12,20H,9,11,19H2,1H3. The van der Waals surface area contributed by atoms with Gasteiger partial charge in [-0.15, -0.1) is 0 Å². The number of nitrogens with zero attached hydrogens (tertiary/aromatic N) is 1. The van der Waals surface area contributed by atoms with Crippen LogP contribution < -0.4 is 11.1 Å². The Morgan fingerprint density at radius 2 is 1.95 bits per heavy atom. The molecule has 0 saturated heterocycles. The Labute approximate surface area is 124 Å². The van der Waals surface area contributed by atoms with Gasteiger partial charge in [0.15, 0.2) is 0 Å². The lowest BCUT2D eigenvalue weighted by molar-refractivity contribution is 1.02. The third-order valence-electron chi connectivity index (χ3n) is 3.69. The van der Waals surface area contributed by atoms with Crippen LogP contribution in [0, 0.1) is 6.92 Å². The molecule has 0 spiro atoms. The lowest BCUT2D eigenvalue weighted by Crippen LogP contribution is -2.07. The van der Waals surface area contributed by atoms with Gasteiger partial charge in [0.1, 0.15) is 0 Å². The second kappa shape index (κ2) is 5.83. The minimum absolute atomic E-state index is 0.787. The number of hydrogen-bond acceptors (Lipinski definition) is 3. The minimum atomic E-state index is 0.787. The number of nitrogens with one attached hydrogen (secondary N) is 1. The molecule has 106 valence electrons. The lowest BCUT2D eigenvalue weighted by Gasteiger charge is -2.11. The monoisotopic (exact) mass is 277 g/mol. The number of pyridine rings is 1. The van der Waals surface area contributed by atoms with Crippen molar-refractivity contribution in [2.24, 2.45) is 0 Å². The molecule has 3 aromatic rings. The van der Waals surface area contributed by atoms with Crippen molar-refractivity contribution in [2.45, 2.75) is 13.3 Å². The molecule has 1 heterocycles. The van der Waals surface area contributed by atoms with Gasteiger partial charge in [0.2, 0.25) is 0 Å². The summed E-state index contributed by atoms with van der Waals surface area (Å²) in [6.07, 6.45) is 2.78. The second-order valence-electron chi connectivity index (χ2n) is 5.24. The first-order chi connectivity index (χ1) is 10.2. The van der Waals surface area contributed by atoms with Crippen molar-refractivity contribution in [1.82, 2.24) is 4.98 Å². The molecule has 0 radical (unpaired) electrons. The van der Waals surface area contributed by atoms with E-state index in [1.165, 1.54) is 16.5 Å². The first kappa shape index (κ1) is 13.4. The SMILES string of the molecule is Cc1ccc(N)cc1NCCc1cccc2cccnc12. The maximum atomic E-state index is 5.83. The van der Waals surface area contributed by atoms with Gasteiger partial charge in [-0.25, -0.2) is 0 Å². The Balaban J connectivity index is 1.74. The van der Waals surface area contributed by atoms with Crippen molar-refractivity contribution < 1.29 is 0 Å². The Kier molecular flexibility index (Phi) is 3.73. The fourth-order valence-corrected chi connectivity index (χ4v) is 2.53. The lowest BCUT2D eigenvalue weighted by atomic mass is 10.1. The van der Waals surface area contributed by atoms with Crippen molar-refractivity contribution in [2.75, 3.05) is 17.6 Å². The zero-order chi connectivity index (χ0) is 14.7. The molecule has 0 aliphatic rings. The van der Waals surface area contributed by atoms with Crippen LogP contribution in [-0.2, 0) is 6.42 Å². The van der Waals surface area contributed by atoms with E-state index in [9.17, 15) is 0 Å². The predicted molar refractivity (Wildman–Crippen MR) is 89.5 cm³/mol. The van der Waals surface area contributed by atoms with Crippen LogP contribution in [0.15, 0.2) is 54.7 Å². The van der Waals surface area contributed by atoms with Gasteiger partial charge < -0.3 is 11.1 Å². The number of nitrogen functional groups attached to an aromatic ring is 1. The summed E-state index contributed by atoms with van der Waals surface area (Å²) >= 11 is 0. The van der Waals surface area contributed by atoms with Crippen LogP contribution >= 0.6 is 0 Å². The Morgan fingerprint density at radius 3 is 2.86 bits per heavy atom. The molecule has 1 aromatic heterocycles. The molecule has 0 saturated carbocycles. The van der Waals surface area contributed by atoms with Gasteiger partial charge in [-0.2, -0.15) is 0 Å². The number of aromatic nitrogens is 1. The Hall–Kier alpha value is -2.55. The van der Waals surface area contributed by atoms with E-state index in [0.29, 0.717) is 0 Å². The highest BCUT2D eigenvalue weighted by Gasteiger charge is 2.02. The summed E-state index contributed by atoms with van der Waals surface area (Å²) < 4.78 is 0. The molecule has 0 atom stereocenters. The maximum Gasteiger partial charge on any atom is 0.0734 e. The van der Waals surface area contributed by atoms with Crippen LogP contribution in [0.3, 0.4) is 0 Å². The number of para-hydroxylation sites is 1. The second-order valence-corrected chi connectivity index (χ2v) is 5.24. The number of fused-ring (bicyclic) bond motifs is 1. The van der Waals surface area contributed by atoms with Crippen LogP contribution in [0.2, 0.25) is 0 Å². The summed E-state index contributed by atoms with van der Waals surface area (Å²) in [6.45, 7) is 2.95. The van der Waals surface area contributed by atoms with E-state index in [0.717, 1.165) is 29.9 Å². The zero-order valence-corrected chi connectivity index (χ0v) is 12.1. The van der Waals surface area contributed by atoms with Gasteiger partial charge >= 0.3 is 0 Å². The summed E-state index contributed by atoms with van der Waals surface area (Å²) in [7, 11) is 0. The van der Waals surface area contributed by atoms with Crippen LogP contribution in [0.25, 0.3) is 10.9 Å². The zero-order valence-electron chi connectivity index (χ0n) is 12.1. The molecular weight excluding hydrogens is 258 g/mol. The maximum absolute atomic E-state index is 5.83. The summed E-state index contributed by atoms with van der Waals surface area (Å²) in [4.78, 5) is 4.49. The van der Waals surface area contributed by atoms with Crippen LogP contribution in [0.5, 0.6) is 0 Å². The van der Waals surface area contributed by atoms with Crippen molar-refractivity contribution in [3.63, 3.8) is 0 Å². The quantitative estimate of drug-likeness (QED) is 0.713. The van der Waals surface area contributed by atoms with E-state index in [2.05, 4.69) is 41.5 Å². The molecular formula is C18H19N3. The molecule has 0 bridgehead atoms. The first-order valence-electron chi connectivity index (χ1n) is 7.16. The van der Waals surface area contributed by atoms with Crippen LogP contribution in [-0.4, -0.2) is 11.5 Å². The number of anilines is 2. The van der Waals surface area contributed by atoms with Gasteiger partial charge in [0.25, 0.3) is 0 Å². The third kappa shape index (κ3) is 2.97. The summed E-state index contributed by atoms with van der Waals surface area (Å²) in [6, 6.07) is 16.3. The highest BCUT2D eigenvalue weighted by molar-refractivity contribution is 5.81. The summed E-state index contributed by atoms with van der Waals surface area (Å²) in [5, 5.41) is 4.65. The van der Waals surface area contributed by atoms with Gasteiger partial charge in [0.05, 0.1) is 5.52 Å². The normalized spacial score (nSPS) is 10.7. The number of nitrogens with two attached hydrogens (primary N) is 1. The molecule has 0 aliphatic carbocycles. The fourth-order valence-electron chi connectivity index (χ4n) is 2.53. The van der Waals surface area contributed by atoms with Crippen molar-refractivity contribution in [3.05, 3.63) is 65.9 Å². The number of hydrogen-bond donors (Lipinski definition) is 2. The molecule has 2 aromatic carbocycles. The highest BCUT2D eigenvalue weighted by Crippen LogP contribution is 2.19. The van der Waals surface area contributed by atoms with E-state index >= 15 is 0 Å². The highest BCUT2D eigenvalue weighted by atomic mass is 14.9. The molecule has 3 nitrogen and oxygen atoms in total. The molecule has 0 unspecified atom stereocenters. The molecule has 0 aliphatic heterocycles. The fraction of sp³-hybridized carbons (Fsp3) is 0.167. The molecule has 0 fully saturated rings. The predicted octanol–water partition coefficient (Wildman–Crippen LogP) is 3.78. The summed E-state index contributed by atoms with van der Waals surface area (Å²) in [5.74, 6) is 0. The van der Waals surface area contributed by atoms with Gasteiger partial charge in [0, 0.05) is 29.5 Å². The molecule has 3 N–H and O–H groups in total. The van der Waals surface area contributed by atoms with Gasteiger partial charge in [-0.05, 0) is 42.7 Å². The van der Waals surface area contributed by atoms with E-state index in [1.54, 1.807) is 0 Å². The van der Waals surface area contributed by atoms with E-state index in [4.69, 9.17) is 5.73 Å². The minimum Gasteiger partial charge on any atom is -0.399 e. The topological polar surface area (TPSA) is 50.9 Å². The Bertz CT molecular complexity index is 760. The van der Waals surface area contributed by atoms with Crippen LogP contribution in [0.4, 0.5) is 11.4 Å². The van der Waals surface area contributed by atoms with Crippen LogP contribution in [0.1, 0.15) is 11.1 Å². The number of aryl methyl sites for hydroxylation is 1. The average Bonchev–Trinajstić information content (AvgIpc) is 2.51. The number of rotatable bonds is 4. The third-order valence-corrected chi connectivity index (χ3v) is 3.69. The molecule has 3 rings (SSSR count). The van der Waals surface area contributed by atoms with E-state index < -0.39 is 0 Å². The molecule has 3 heteroatoms. The first-order valence-corrected chi connectivity index (χ1v) is 7.16. The molecule has 0 amide bonds. The smallest absolute Gasteiger partial charge is 0.0734 e. The van der Waals surface area contributed by atoms with Crippen molar-refractivity contribution in [1.29, 1.82) is 0 Å². The number of benzene rings is 2. The van der Waals surface area contributed by atoms with Crippen molar-refractivity contribution in [3.8, 4) is 0 Å². The average molecular weight is 277 g/mol. The molecule has 21 heavy (non-hydrogen) atoms. The van der Waals surface area contributed by atoms with Gasteiger partial charge in [-0.1, -0.05) is 30.3 Å². The van der Waals surface area contributed by atoms with Gasteiger partial charge in [-0.3, -0.25) is 4.98 Å². The van der Waals surface area contributed by atoms with E-state index in [1.807, 2.05) is 30.5 Å². The van der Waals surface area contributed by atoms with E-state index in [-0.39, 0.29) is 0 Å². The summed E-state index contributed by atoms with van der Waals surface area (Å²) in [5.41, 5.74) is 11.3. The largest absolute Gasteiger partial charge is 0.399 e.